The molecule has 0 aliphatic rings. The second-order valence-corrected chi connectivity index (χ2v) is 5.76. The summed E-state index contributed by atoms with van der Waals surface area (Å²) in [6.07, 6.45) is 0. The van der Waals surface area contributed by atoms with Crippen molar-refractivity contribution in [2.24, 2.45) is 0 Å². The molecular weight excluding hydrogens is 328 g/mol. The first-order valence-corrected chi connectivity index (χ1v) is 8.22. The van der Waals surface area contributed by atoms with Gasteiger partial charge in [-0.3, -0.25) is 0 Å². The van der Waals surface area contributed by atoms with Gasteiger partial charge in [-0.1, -0.05) is 30.3 Å². The molecule has 0 fully saturated rings. The van der Waals surface area contributed by atoms with Crippen LogP contribution in [0.4, 0.5) is 11.7 Å². The number of anilines is 2. The van der Waals surface area contributed by atoms with Gasteiger partial charge >= 0.3 is 0 Å². The van der Waals surface area contributed by atoms with Crippen molar-refractivity contribution in [2.75, 3.05) is 19.5 Å². The van der Waals surface area contributed by atoms with E-state index in [2.05, 4.69) is 10.3 Å². The van der Waals surface area contributed by atoms with Crippen molar-refractivity contribution in [3.8, 4) is 22.6 Å². The van der Waals surface area contributed by atoms with E-state index in [1.807, 2.05) is 66.7 Å². The van der Waals surface area contributed by atoms with Gasteiger partial charge in [0.2, 0.25) is 0 Å². The highest BCUT2D eigenvalue weighted by Gasteiger charge is 2.10. The maximum Gasteiger partial charge on any atom is 0.300 e. The third-order valence-corrected chi connectivity index (χ3v) is 4.13. The highest BCUT2D eigenvalue weighted by atomic mass is 16.5. The van der Waals surface area contributed by atoms with Crippen molar-refractivity contribution >= 4 is 22.8 Å². The van der Waals surface area contributed by atoms with Gasteiger partial charge in [0, 0.05) is 5.69 Å². The Hall–Kier alpha value is -3.47. The monoisotopic (exact) mass is 346 g/mol. The fourth-order valence-electron chi connectivity index (χ4n) is 2.82. The third kappa shape index (κ3) is 3.07. The van der Waals surface area contributed by atoms with Crippen molar-refractivity contribution in [1.29, 1.82) is 0 Å². The van der Waals surface area contributed by atoms with Gasteiger partial charge in [-0.2, -0.15) is 4.98 Å². The zero-order valence-corrected chi connectivity index (χ0v) is 14.5. The number of para-hydroxylation sites is 1. The van der Waals surface area contributed by atoms with Gasteiger partial charge in [0.05, 0.1) is 14.2 Å². The van der Waals surface area contributed by atoms with Crippen LogP contribution in [0, 0.1) is 0 Å². The summed E-state index contributed by atoms with van der Waals surface area (Å²) >= 11 is 0. The minimum Gasteiger partial charge on any atom is -0.493 e. The molecule has 5 nitrogen and oxygen atoms in total. The number of fused-ring (bicyclic) bond motifs is 1. The standard InChI is InChI=1S/C21H18N2O3/c1-24-19-11-9-15(13-20(19)25-2)14-8-10-18-17(12-14)23-21(26-18)22-16-6-4-3-5-7-16/h3-13H,1-2H3,(H,22,23). The van der Waals surface area contributed by atoms with Crippen LogP contribution >= 0.6 is 0 Å². The zero-order valence-electron chi connectivity index (χ0n) is 14.5. The van der Waals surface area contributed by atoms with E-state index in [1.54, 1.807) is 14.2 Å². The Balaban J connectivity index is 1.67. The topological polar surface area (TPSA) is 56.5 Å². The molecule has 4 aromatic rings. The summed E-state index contributed by atoms with van der Waals surface area (Å²) in [4.78, 5) is 4.54. The Morgan fingerprint density at radius 1 is 0.808 bits per heavy atom. The van der Waals surface area contributed by atoms with Crippen LogP contribution in [0.2, 0.25) is 0 Å². The van der Waals surface area contributed by atoms with E-state index in [0.717, 1.165) is 27.9 Å². The predicted molar refractivity (Wildman–Crippen MR) is 102 cm³/mol. The van der Waals surface area contributed by atoms with Crippen LogP contribution in [0.15, 0.2) is 71.1 Å². The molecule has 1 heterocycles. The molecule has 0 radical (unpaired) electrons. The van der Waals surface area contributed by atoms with Gasteiger partial charge in [0.15, 0.2) is 17.1 Å². The predicted octanol–water partition coefficient (Wildman–Crippen LogP) is 5.26. The molecule has 0 aliphatic carbocycles. The lowest BCUT2D eigenvalue weighted by Crippen LogP contribution is -1.90. The second kappa shape index (κ2) is 6.80. The zero-order chi connectivity index (χ0) is 17.9. The van der Waals surface area contributed by atoms with Gasteiger partial charge in [-0.05, 0) is 47.5 Å². The van der Waals surface area contributed by atoms with E-state index in [1.165, 1.54) is 0 Å². The van der Waals surface area contributed by atoms with Gasteiger partial charge in [0.25, 0.3) is 6.01 Å². The summed E-state index contributed by atoms with van der Waals surface area (Å²) in [7, 11) is 3.25. The van der Waals surface area contributed by atoms with Crippen molar-refractivity contribution in [2.45, 2.75) is 0 Å². The molecule has 4 rings (SSSR count). The summed E-state index contributed by atoms with van der Waals surface area (Å²) in [5.74, 6) is 1.39. The van der Waals surface area contributed by atoms with E-state index in [9.17, 15) is 0 Å². The average Bonchev–Trinajstić information content (AvgIpc) is 3.09. The highest BCUT2D eigenvalue weighted by molar-refractivity contribution is 5.82. The number of hydrogen-bond donors (Lipinski definition) is 1. The van der Waals surface area contributed by atoms with Crippen molar-refractivity contribution in [3.63, 3.8) is 0 Å². The van der Waals surface area contributed by atoms with Crippen LogP contribution in [0.25, 0.3) is 22.2 Å². The molecule has 130 valence electrons. The normalized spacial score (nSPS) is 10.7. The summed E-state index contributed by atoms with van der Waals surface area (Å²) in [6, 6.07) is 22.0. The molecule has 0 unspecified atom stereocenters. The van der Waals surface area contributed by atoms with E-state index < -0.39 is 0 Å². The van der Waals surface area contributed by atoms with Gasteiger partial charge in [-0.15, -0.1) is 0 Å². The second-order valence-electron chi connectivity index (χ2n) is 5.76. The lowest BCUT2D eigenvalue weighted by atomic mass is 10.0. The molecule has 0 atom stereocenters. The van der Waals surface area contributed by atoms with Crippen LogP contribution < -0.4 is 14.8 Å². The Kier molecular flexibility index (Phi) is 4.19. The van der Waals surface area contributed by atoms with Crippen LogP contribution in [0.3, 0.4) is 0 Å². The van der Waals surface area contributed by atoms with Crippen molar-refractivity contribution in [1.82, 2.24) is 4.98 Å². The molecule has 1 aromatic heterocycles. The number of methoxy groups -OCH3 is 2. The van der Waals surface area contributed by atoms with Crippen LogP contribution in [-0.4, -0.2) is 19.2 Å². The summed E-state index contributed by atoms with van der Waals surface area (Å²) in [5.41, 5.74) is 4.49. The number of aromatic nitrogens is 1. The Bertz CT molecular complexity index is 1040. The first-order valence-electron chi connectivity index (χ1n) is 8.22. The summed E-state index contributed by atoms with van der Waals surface area (Å²) in [6.45, 7) is 0. The minimum absolute atomic E-state index is 0.468. The quantitative estimate of drug-likeness (QED) is 0.534. The van der Waals surface area contributed by atoms with Gasteiger partial charge in [0.1, 0.15) is 5.52 Å². The largest absolute Gasteiger partial charge is 0.493 e. The Labute approximate surface area is 151 Å². The van der Waals surface area contributed by atoms with E-state index in [4.69, 9.17) is 13.9 Å². The first-order chi connectivity index (χ1) is 12.8. The van der Waals surface area contributed by atoms with Gasteiger partial charge in [-0.25, -0.2) is 0 Å². The summed E-state index contributed by atoms with van der Waals surface area (Å²) < 4.78 is 16.5. The maximum absolute atomic E-state index is 5.78. The minimum atomic E-state index is 0.468. The number of nitrogens with one attached hydrogen (secondary N) is 1. The van der Waals surface area contributed by atoms with Crippen LogP contribution in [0.5, 0.6) is 11.5 Å². The summed E-state index contributed by atoms with van der Waals surface area (Å²) in [5, 5.41) is 3.17. The van der Waals surface area contributed by atoms with E-state index in [0.29, 0.717) is 17.5 Å². The van der Waals surface area contributed by atoms with Crippen molar-refractivity contribution < 1.29 is 13.9 Å². The lowest BCUT2D eigenvalue weighted by molar-refractivity contribution is 0.355. The molecule has 1 N–H and O–H groups in total. The molecule has 0 saturated carbocycles. The Morgan fingerprint density at radius 2 is 1.54 bits per heavy atom. The molecule has 5 heteroatoms. The van der Waals surface area contributed by atoms with Crippen molar-refractivity contribution in [3.05, 3.63) is 66.7 Å². The first kappa shape index (κ1) is 16.0. The third-order valence-electron chi connectivity index (χ3n) is 4.13. The molecule has 0 spiro atoms. The number of ether oxygens (including phenoxy) is 2. The maximum atomic E-state index is 5.78. The number of nitrogens with zero attached hydrogens (tertiary/aromatic N) is 1. The fraction of sp³-hybridized carbons (Fsp3) is 0.0952. The number of rotatable bonds is 5. The molecule has 0 saturated heterocycles. The highest BCUT2D eigenvalue weighted by Crippen LogP contribution is 2.33. The molecular formula is C21H18N2O3. The molecule has 3 aromatic carbocycles. The van der Waals surface area contributed by atoms with E-state index in [-0.39, 0.29) is 0 Å². The fourth-order valence-corrected chi connectivity index (χ4v) is 2.82. The molecule has 26 heavy (non-hydrogen) atoms. The smallest absolute Gasteiger partial charge is 0.300 e. The molecule has 0 aliphatic heterocycles. The number of benzene rings is 3. The SMILES string of the molecule is COc1ccc(-c2ccc3oc(Nc4ccccc4)nc3c2)cc1OC. The van der Waals surface area contributed by atoms with Crippen LogP contribution in [-0.2, 0) is 0 Å². The van der Waals surface area contributed by atoms with Gasteiger partial charge < -0.3 is 19.2 Å². The number of oxazole rings is 1. The average molecular weight is 346 g/mol. The Morgan fingerprint density at radius 3 is 2.31 bits per heavy atom. The molecule has 0 bridgehead atoms. The number of hydrogen-bond acceptors (Lipinski definition) is 5. The van der Waals surface area contributed by atoms with Crippen LogP contribution in [0.1, 0.15) is 0 Å². The van der Waals surface area contributed by atoms with E-state index >= 15 is 0 Å². The lowest BCUT2D eigenvalue weighted by Gasteiger charge is -2.09. The molecule has 0 amide bonds.